The predicted octanol–water partition coefficient (Wildman–Crippen LogP) is 2.56. The average Bonchev–Trinajstić information content (AvgIpc) is 2.63. The van der Waals surface area contributed by atoms with Crippen molar-refractivity contribution in [2.45, 2.75) is 59.0 Å². The smallest absolute Gasteiger partial charge is 0.0383 e. The van der Waals surface area contributed by atoms with Gasteiger partial charge in [0.15, 0.2) is 0 Å². The van der Waals surface area contributed by atoms with Crippen molar-refractivity contribution >= 4 is 10.8 Å². The number of fused-ring (bicyclic) bond motifs is 2. The molecule has 17 heavy (non-hydrogen) atoms. The molecule has 0 radical (unpaired) electrons. The summed E-state index contributed by atoms with van der Waals surface area (Å²) in [4.78, 5) is 0. The van der Waals surface area contributed by atoms with E-state index in [1.165, 1.54) is 19.3 Å². The summed E-state index contributed by atoms with van der Waals surface area (Å²) < 4.78 is 11.3. The molecular weight excluding hydrogens is 230 g/mol. The highest BCUT2D eigenvalue weighted by Gasteiger charge is 2.59. The zero-order chi connectivity index (χ0) is 12.8. The summed E-state index contributed by atoms with van der Waals surface area (Å²) in [6.45, 7) is 9.44. The highest BCUT2D eigenvalue weighted by atomic mass is 32.2. The summed E-state index contributed by atoms with van der Waals surface area (Å²) in [7, 11) is -0.698. The largest absolute Gasteiger partial charge is 0.310 e. The van der Waals surface area contributed by atoms with Crippen LogP contribution in [0.25, 0.3) is 0 Å². The summed E-state index contributed by atoms with van der Waals surface area (Å²) >= 11 is 0. The molecule has 2 aliphatic carbocycles. The third kappa shape index (κ3) is 2.33. The number of rotatable bonds is 4. The minimum atomic E-state index is -0.698. The van der Waals surface area contributed by atoms with Gasteiger partial charge in [0.25, 0.3) is 0 Å². The van der Waals surface area contributed by atoms with Crippen LogP contribution in [-0.2, 0) is 10.8 Å². The van der Waals surface area contributed by atoms with Gasteiger partial charge in [-0.1, -0.05) is 20.8 Å². The van der Waals surface area contributed by atoms with E-state index in [0.717, 1.165) is 11.7 Å². The minimum Gasteiger partial charge on any atom is -0.310 e. The predicted molar refractivity (Wildman–Crippen MR) is 74.5 cm³/mol. The van der Waals surface area contributed by atoms with Gasteiger partial charge in [-0.2, -0.15) is 0 Å². The second kappa shape index (κ2) is 4.34. The molecule has 0 aliphatic heterocycles. The van der Waals surface area contributed by atoms with Crippen LogP contribution in [-0.4, -0.2) is 28.3 Å². The van der Waals surface area contributed by atoms with Crippen molar-refractivity contribution in [2.24, 2.45) is 16.7 Å². The van der Waals surface area contributed by atoms with Gasteiger partial charge in [0.1, 0.15) is 0 Å². The normalized spacial score (nSPS) is 42.6. The van der Waals surface area contributed by atoms with Crippen LogP contribution >= 0.6 is 0 Å². The van der Waals surface area contributed by atoms with Gasteiger partial charge < -0.3 is 5.32 Å². The summed E-state index contributed by atoms with van der Waals surface area (Å²) in [5.74, 6) is 1.65. The number of nitrogens with one attached hydrogen (secondary N) is 1. The SMILES string of the molecule is CC(CS(C)=O)NC1C(C)(C)[C@H]2CC[C@]1(C)C2. The lowest BCUT2D eigenvalue weighted by Crippen LogP contribution is -2.54. The molecule has 0 aromatic carbocycles. The van der Waals surface area contributed by atoms with E-state index in [2.05, 4.69) is 33.0 Å². The summed E-state index contributed by atoms with van der Waals surface area (Å²) in [6.07, 6.45) is 5.93. The molecule has 0 amide bonds. The first kappa shape index (κ1) is 13.5. The van der Waals surface area contributed by atoms with Gasteiger partial charge in [0.05, 0.1) is 0 Å². The lowest BCUT2D eigenvalue weighted by atomic mass is 9.68. The van der Waals surface area contributed by atoms with E-state index in [0.29, 0.717) is 22.9 Å². The Bertz CT molecular complexity index is 323. The van der Waals surface area contributed by atoms with Gasteiger partial charge in [0.2, 0.25) is 0 Å². The van der Waals surface area contributed by atoms with Crippen molar-refractivity contribution < 1.29 is 4.21 Å². The molecule has 2 saturated carbocycles. The molecule has 0 aromatic rings. The molecular formula is C14H27NOS. The standard InChI is InChI=1S/C14H27NOS/c1-10(9-17(5)16)15-12-13(2,3)11-6-7-14(12,4)8-11/h10-12,15H,6-9H2,1-5H3/t10?,11-,12?,14+,17?/m0/s1. The van der Waals surface area contributed by atoms with Crippen molar-refractivity contribution in [1.82, 2.24) is 5.32 Å². The molecule has 3 unspecified atom stereocenters. The van der Waals surface area contributed by atoms with E-state index >= 15 is 0 Å². The second-order valence-corrected chi connectivity index (χ2v) is 8.64. The van der Waals surface area contributed by atoms with Crippen LogP contribution in [0.3, 0.4) is 0 Å². The zero-order valence-electron chi connectivity index (χ0n) is 11.9. The van der Waals surface area contributed by atoms with Crippen molar-refractivity contribution in [3.8, 4) is 0 Å². The van der Waals surface area contributed by atoms with Crippen LogP contribution in [0.15, 0.2) is 0 Å². The van der Waals surface area contributed by atoms with Crippen molar-refractivity contribution in [2.75, 3.05) is 12.0 Å². The summed E-state index contributed by atoms with van der Waals surface area (Å²) in [5, 5.41) is 3.78. The fourth-order valence-corrected chi connectivity index (χ4v) is 5.20. The maximum Gasteiger partial charge on any atom is 0.0383 e. The molecule has 0 aromatic heterocycles. The second-order valence-electron chi connectivity index (χ2n) is 7.16. The topological polar surface area (TPSA) is 29.1 Å². The number of hydrogen-bond acceptors (Lipinski definition) is 2. The Morgan fingerprint density at radius 1 is 1.41 bits per heavy atom. The highest BCUT2D eigenvalue weighted by Crippen LogP contribution is 2.62. The molecule has 3 heteroatoms. The summed E-state index contributed by atoms with van der Waals surface area (Å²) in [6, 6.07) is 0.952. The highest BCUT2D eigenvalue weighted by molar-refractivity contribution is 7.84. The first-order valence-corrected chi connectivity index (χ1v) is 8.54. The maximum absolute atomic E-state index is 11.3. The van der Waals surface area contributed by atoms with Gasteiger partial charge in [-0.25, -0.2) is 0 Å². The van der Waals surface area contributed by atoms with Crippen molar-refractivity contribution in [3.63, 3.8) is 0 Å². The quantitative estimate of drug-likeness (QED) is 0.838. The molecule has 0 saturated heterocycles. The van der Waals surface area contributed by atoms with Gasteiger partial charge >= 0.3 is 0 Å². The van der Waals surface area contributed by atoms with Gasteiger partial charge in [-0.3, -0.25) is 4.21 Å². The fraction of sp³-hybridized carbons (Fsp3) is 1.00. The fourth-order valence-electron chi connectivity index (χ4n) is 4.40. The molecule has 2 rings (SSSR count). The van der Waals surface area contributed by atoms with E-state index in [-0.39, 0.29) is 0 Å². The third-order valence-electron chi connectivity index (χ3n) is 5.21. The summed E-state index contributed by atoms with van der Waals surface area (Å²) in [5.41, 5.74) is 0.869. The molecule has 1 N–H and O–H groups in total. The van der Waals surface area contributed by atoms with Gasteiger partial charge in [0, 0.05) is 34.9 Å². The molecule has 5 atom stereocenters. The van der Waals surface area contributed by atoms with Crippen molar-refractivity contribution in [3.05, 3.63) is 0 Å². The maximum atomic E-state index is 11.3. The van der Waals surface area contributed by atoms with Crippen molar-refractivity contribution in [1.29, 1.82) is 0 Å². The Labute approximate surface area is 108 Å². The van der Waals surface area contributed by atoms with Crippen LogP contribution in [0, 0.1) is 16.7 Å². The third-order valence-corrected chi connectivity index (χ3v) is 6.18. The van der Waals surface area contributed by atoms with Gasteiger partial charge in [-0.05, 0) is 42.9 Å². The van der Waals surface area contributed by atoms with E-state index in [9.17, 15) is 4.21 Å². The Balaban J connectivity index is 2.07. The Morgan fingerprint density at radius 3 is 2.53 bits per heavy atom. The molecule has 0 spiro atoms. The molecule has 2 fully saturated rings. The molecule has 2 nitrogen and oxygen atoms in total. The lowest BCUT2D eigenvalue weighted by molar-refractivity contribution is 0.103. The minimum absolute atomic E-state index is 0.362. The van der Waals surface area contributed by atoms with E-state index in [1.54, 1.807) is 6.26 Å². The molecule has 2 aliphatic rings. The molecule has 0 heterocycles. The Kier molecular flexibility index (Phi) is 3.46. The first-order valence-electron chi connectivity index (χ1n) is 6.82. The number of hydrogen-bond donors (Lipinski definition) is 1. The van der Waals surface area contributed by atoms with Crippen LogP contribution in [0.4, 0.5) is 0 Å². The van der Waals surface area contributed by atoms with E-state index in [1.807, 2.05) is 0 Å². The van der Waals surface area contributed by atoms with Gasteiger partial charge in [-0.15, -0.1) is 0 Å². The van der Waals surface area contributed by atoms with Crippen LogP contribution in [0.2, 0.25) is 0 Å². The molecule has 2 bridgehead atoms. The molecule has 100 valence electrons. The first-order chi connectivity index (χ1) is 7.75. The van der Waals surface area contributed by atoms with E-state index < -0.39 is 10.8 Å². The zero-order valence-corrected chi connectivity index (χ0v) is 12.7. The Morgan fingerprint density at radius 2 is 2.06 bits per heavy atom. The van der Waals surface area contributed by atoms with Crippen LogP contribution < -0.4 is 5.32 Å². The average molecular weight is 257 g/mol. The lowest BCUT2D eigenvalue weighted by Gasteiger charge is -2.44. The van der Waals surface area contributed by atoms with Crippen LogP contribution in [0.1, 0.15) is 47.0 Å². The van der Waals surface area contributed by atoms with Crippen LogP contribution in [0.5, 0.6) is 0 Å². The van der Waals surface area contributed by atoms with E-state index in [4.69, 9.17) is 0 Å². The monoisotopic (exact) mass is 257 g/mol. The Hall–Kier alpha value is 0.110.